The Hall–Kier alpha value is 0.100. The Morgan fingerprint density at radius 3 is 2.40 bits per heavy atom. The Bertz CT molecular complexity index is 328. The minimum absolute atomic E-state index is 0.0216. The van der Waals surface area contributed by atoms with Crippen molar-refractivity contribution in [3.8, 4) is 0 Å². The first kappa shape index (κ1) is 13.2. The first-order valence-corrected chi connectivity index (χ1v) is 6.60. The zero-order chi connectivity index (χ0) is 11.7. The minimum atomic E-state index is -0.819. The summed E-state index contributed by atoms with van der Waals surface area (Å²) in [6, 6.07) is 1.96. The van der Waals surface area contributed by atoms with E-state index in [1.54, 1.807) is 11.3 Å². The van der Waals surface area contributed by atoms with Crippen LogP contribution in [0.15, 0.2) is 15.9 Å². The maximum absolute atomic E-state index is 10.3. The van der Waals surface area contributed by atoms with Crippen molar-refractivity contribution in [2.45, 2.75) is 38.8 Å². The van der Waals surface area contributed by atoms with E-state index in [9.17, 15) is 5.11 Å². The number of hydrogen-bond donors (Lipinski definition) is 2. The first-order chi connectivity index (χ1) is 6.72. The van der Waals surface area contributed by atoms with Crippen LogP contribution in [-0.2, 0) is 5.60 Å². The first-order valence-electron chi connectivity index (χ1n) is 4.93. The second-order valence-electron chi connectivity index (χ2n) is 4.98. The third-order valence-corrected chi connectivity index (χ3v) is 4.16. The zero-order valence-corrected chi connectivity index (χ0v) is 12.0. The molecule has 15 heavy (non-hydrogen) atoms. The fourth-order valence-electron chi connectivity index (χ4n) is 1.20. The number of β-amino-alcohol motifs (C(OH)–C–C–N with tert-alkyl or cyclic N) is 1. The van der Waals surface area contributed by atoms with Gasteiger partial charge in [-0.1, -0.05) is 0 Å². The monoisotopic (exact) mass is 291 g/mol. The van der Waals surface area contributed by atoms with Gasteiger partial charge >= 0.3 is 0 Å². The summed E-state index contributed by atoms with van der Waals surface area (Å²) in [4.78, 5) is 0.972. The molecule has 0 bridgehead atoms. The molecule has 0 aliphatic carbocycles. The van der Waals surface area contributed by atoms with E-state index in [-0.39, 0.29) is 5.54 Å². The van der Waals surface area contributed by atoms with Gasteiger partial charge in [0.05, 0.1) is 4.88 Å². The molecule has 0 spiro atoms. The van der Waals surface area contributed by atoms with E-state index in [0.29, 0.717) is 6.54 Å². The van der Waals surface area contributed by atoms with Gasteiger partial charge < -0.3 is 10.4 Å². The molecule has 2 N–H and O–H groups in total. The molecule has 1 unspecified atom stereocenters. The summed E-state index contributed by atoms with van der Waals surface area (Å²) in [5.41, 5.74) is -0.798. The Balaban J connectivity index is 2.72. The Morgan fingerprint density at radius 1 is 1.40 bits per heavy atom. The molecule has 1 rings (SSSR count). The van der Waals surface area contributed by atoms with E-state index in [1.165, 1.54) is 0 Å². The normalized spacial score (nSPS) is 16.4. The molecule has 1 atom stereocenters. The summed E-state index contributed by atoms with van der Waals surface area (Å²) < 4.78 is 0.980. The van der Waals surface area contributed by atoms with Gasteiger partial charge in [0.2, 0.25) is 0 Å². The highest BCUT2D eigenvalue weighted by Crippen LogP contribution is 2.32. The summed E-state index contributed by atoms with van der Waals surface area (Å²) in [5.74, 6) is 0. The average Bonchev–Trinajstić information content (AvgIpc) is 2.47. The van der Waals surface area contributed by atoms with E-state index in [4.69, 9.17) is 0 Å². The highest BCUT2D eigenvalue weighted by Gasteiger charge is 2.28. The van der Waals surface area contributed by atoms with Gasteiger partial charge in [-0.15, -0.1) is 11.3 Å². The zero-order valence-electron chi connectivity index (χ0n) is 9.60. The van der Waals surface area contributed by atoms with Gasteiger partial charge in [0, 0.05) is 16.6 Å². The standard InChI is InChI=1S/C11H18BrNOS/c1-10(2,3)13-7-11(4,14)9-8(12)5-6-15-9/h5-6,13-14H,7H2,1-4H3. The number of nitrogens with one attached hydrogen (secondary N) is 1. The molecule has 1 aromatic rings. The SMILES string of the molecule is CC(C)(C)NCC(C)(O)c1sccc1Br. The lowest BCUT2D eigenvalue weighted by molar-refractivity contribution is 0.0532. The van der Waals surface area contributed by atoms with Crippen molar-refractivity contribution in [2.75, 3.05) is 6.54 Å². The van der Waals surface area contributed by atoms with E-state index in [1.807, 2.05) is 18.4 Å². The summed E-state index contributed by atoms with van der Waals surface area (Å²) in [6.07, 6.45) is 0. The molecular formula is C11H18BrNOS. The van der Waals surface area contributed by atoms with Crippen molar-refractivity contribution in [3.05, 3.63) is 20.8 Å². The molecular weight excluding hydrogens is 274 g/mol. The third-order valence-electron chi connectivity index (χ3n) is 2.07. The minimum Gasteiger partial charge on any atom is -0.383 e. The van der Waals surface area contributed by atoms with Crippen molar-refractivity contribution in [1.29, 1.82) is 0 Å². The number of halogens is 1. The molecule has 1 heterocycles. The third kappa shape index (κ3) is 3.87. The molecule has 0 aliphatic rings. The molecule has 2 nitrogen and oxygen atoms in total. The second-order valence-corrected chi connectivity index (χ2v) is 6.75. The van der Waals surface area contributed by atoms with Gasteiger partial charge in [0.25, 0.3) is 0 Å². The summed E-state index contributed by atoms with van der Waals surface area (Å²) >= 11 is 5.02. The fraction of sp³-hybridized carbons (Fsp3) is 0.636. The lowest BCUT2D eigenvalue weighted by Crippen LogP contribution is -2.44. The van der Waals surface area contributed by atoms with Gasteiger partial charge in [0.1, 0.15) is 5.60 Å². The fourth-order valence-corrected chi connectivity index (χ4v) is 3.06. The average molecular weight is 292 g/mol. The van der Waals surface area contributed by atoms with Gasteiger partial charge in [-0.2, -0.15) is 0 Å². The molecule has 0 saturated carbocycles. The second kappa shape index (κ2) is 4.53. The summed E-state index contributed by atoms with van der Waals surface area (Å²) in [5, 5.41) is 15.6. The summed E-state index contributed by atoms with van der Waals surface area (Å²) in [7, 11) is 0. The molecule has 0 saturated heterocycles. The van der Waals surface area contributed by atoms with Crippen LogP contribution in [-0.4, -0.2) is 17.2 Å². The van der Waals surface area contributed by atoms with Gasteiger partial charge in [-0.3, -0.25) is 0 Å². The lowest BCUT2D eigenvalue weighted by Gasteiger charge is -2.29. The molecule has 86 valence electrons. The van der Waals surface area contributed by atoms with Crippen LogP contribution in [0.2, 0.25) is 0 Å². The molecule has 0 aromatic carbocycles. The quantitative estimate of drug-likeness (QED) is 0.897. The smallest absolute Gasteiger partial charge is 0.109 e. The van der Waals surface area contributed by atoms with Gasteiger partial charge in [-0.05, 0) is 55.1 Å². The van der Waals surface area contributed by atoms with Crippen molar-refractivity contribution < 1.29 is 5.11 Å². The van der Waals surface area contributed by atoms with Crippen LogP contribution >= 0.6 is 27.3 Å². The topological polar surface area (TPSA) is 32.3 Å². The largest absolute Gasteiger partial charge is 0.383 e. The molecule has 4 heteroatoms. The molecule has 0 fully saturated rings. The van der Waals surface area contributed by atoms with Crippen LogP contribution in [0.5, 0.6) is 0 Å². The number of rotatable bonds is 3. The maximum atomic E-state index is 10.3. The Labute approximate surface area is 104 Å². The molecule has 1 aromatic heterocycles. The molecule has 0 radical (unpaired) electrons. The van der Waals surface area contributed by atoms with Crippen LogP contribution in [0.4, 0.5) is 0 Å². The maximum Gasteiger partial charge on any atom is 0.109 e. The van der Waals surface area contributed by atoms with Crippen LogP contribution in [0.25, 0.3) is 0 Å². The number of thiophene rings is 1. The number of aliphatic hydroxyl groups is 1. The van der Waals surface area contributed by atoms with Crippen LogP contribution in [0, 0.1) is 0 Å². The van der Waals surface area contributed by atoms with Crippen molar-refractivity contribution in [1.82, 2.24) is 5.32 Å². The van der Waals surface area contributed by atoms with E-state index in [2.05, 4.69) is 42.0 Å². The van der Waals surface area contributed by atoms with Crippen molar-refractivity contribution in [2.24, 2.45) is 0 Å². The van der Waals surface area contributed by atoms with Crippen molar-refractivity contribution in [3.63, 3.8) is 0 Å². The predicted molar refractivity (Wildman–Crippen MR) is 69.3 cm³/mol. The Morgan fingerprint density at radius 2 is 2.00 bits per heavy atom. The highest BCUT2D eigenvalue weighted by atomic mass is 79.9. The lowest BCUT2D eigenvalue weighted by atomic mass is 10.0. The van der Waals surface area contributed by atoms with Crippen LogP contribution in [0.1, 0.15) is 32.6 Å². The molecule has 0 amide bonds. The van der Waals surface area contributed by atoms with Crippen LogP contribution in [0.3, 0.4) is 0 Å². The predicted octanol–water partition coefficient (Wildman–Crippen LogP) is 3.11. The summed E-state index contributed by atoms with van der Waals surface area (Å²) in [6.45, 7) is 8.66. The Kier molecular flexibility index (Phi) is 3.98. The van der Waals surface area contributed by atoms with E-state index in [0.717, 1.165) is 9.35 Å². The van der Waals surface area contributed by atoms with E-state index >= 15 is 0 Å². The number of hydrogen-bond acceptors (Lipinski definition) is 3. The van der Waals surface area contributed by atoms with Gasteiger partial charge in [-0.25, -0.2) is 0 Å². The van der Waals surface area contributed by atoms with Crippen LogP contribution < -0.4 is 5.32 Å². The molecule has 0 aliphatic heterocycles. The highest BCUT2D eigenvalue weighted by molar-refractivity contribution is 9.10. The van der Waals surface area contributed by atoms with Crippen molar-refractivity contribution >= 4 is 27.3 Å². The van der Waals surface area contributed by atoms with E-state index < -0.39 is 5.60 Å². The van der Waals surface area contributed by atoms with Gasteiger partial charge in [0.15, 0.2) is 0 Å².